The number of carbonyl (C=O) groups is 2. The van der Waals surface area contributed by atoms with Crippen LogP contribution in [0, 0.1) is 5.82 Å². The quantitative estimate of drug-likeness (QED) is 0.701. The molecule has 0 bridgehead atoms. The van der Waals surface area contributed by atoms with Crippen molar-refractivity contribution < 1.29 is 27.2 Å². The Morgan fingerprint density at radius 2 is 1.71 bits per heavy atom. The van der Waals surface area contributed by atoms with Gasteiger partial charge in [-0.15, -0.1) is 0 Å². The maximum absolute atomic E-state index is 13.5. The summed E-state index contributed by atoms with van der Waals surface area (Å²) >= 11 is 0. The molecule has 2 aliphatic heterocycles. The highest BCUT2D eigenvalue weighted by Gasteiger charge is 2.33. The number of nitrogens with zero attached hydrogens (tertiary/aromatic N) is 3. The zero-order chi connectivity index (χ0) is 22.8. The molecular formula is C20H27F4N5O2. The van der Waals surface area contributed by atoms with Crippen molar-refractivity contribution in [3.63, 3.8) is 0 Å². The smallest absolute Gasteiger partial charge is 0.338 e. The van der Waals surface area contributed by atoms with Crippen molar-refractivity contribution in [3.8, 4) is 0 Å². The van der Waals surface area contributed by atoms with Crippen molar-refractivity contribution in [2.45, 2.75) is 32.1 Å². The first-order chi connectivity index (χ1) is 14.5. The highest BCUT2D eigenvalue weighted by Crippen LogP contribution is 2.31. The number of nitrogens with one attached hydrogen (secondary N) is 2. The van der Waals surface area contributed by atoms with Crippen LogP contribution in [0.2, 0.25) is 0 Å². The third kappa shape index (κ3) is 5.85. The van der Waals surface area contributed by atoms with E-state index < -0.39 is 23.6 Å². The van der Waals surface area contributed by atoms with E-state index in [9.17, 15) is 27.2 Å². The summed E-state index contributed by atoms with van der Waals surface area (Å²) in [5.41, 5.74) is -1.44. The molecule has 0 spiro atoms. The average Bonchev–Trinajstić information content (AvgIpc) is 2.72. The van der Waals surface area contributed by atoms with Crippen LogP contribution in [0.1, 0.15) is 19.4 Å². The standard InChI is InChI=1S/C20H27F4N5O2/c1-13(2)29-4-3-25-17(12-29)18(30)27-5-7-28(8-6-27)19(31)26-16-10-14(20(22,23)24)9-15(21)11-16/h9-11,13,17,25H,3-8,12H2,1-2H3,(H,26,31). The third-order valence-corrected chi connectivity index (χ3v) is 5.59. The van der Waals surface area contributed by atoms with Gasteiger partial charge in [-0.2, -0.15) is 13.2 Å². The molecule has 3 rings (SSSR count). The molecule has 2 heterocycles. The number of piperazine rings is 2. The molecule has 1 aromatic rings. The Morgan fingerprint density at radius 3 is 2.32 bits per heavy atom. The Morgan fingerprint density at radius 1 is 1.06 bits per heavy atom. The zero-order valence-electron chi connectivity index (χ0n) is 17.5. The van der Waals surface area contributed by atoms with Crippen LogP contribution in [0.5, 0.6) is 0 Å². The predicted octanol–water partition coefficient (Wildman–Crippen LogP) is 2.20. The van der Waals surface area contributed by atoms with Gasteiger partial charge in [0.05, 0.1) is 11.6 Å². The lowest BCUT2D eigenvalue weighted by Crippen LogP contribution is -2.61. The minimum absolute atomic E-state index is 0.0228. The molecule has 2 aliphatic rings. The van der Waals surface area contributed by atoms with Gasteiger partial charge in [0.15, 0.2) is 0 Å². The Labute approximate surface area is 178 Å². The molecule has 0 radical (unpaired) electrons. The maximum Gasteiger partial charge on any atom is 0.416 e. The maximum atomic E-state index is 13.5. The highest BCUT2D eigenvalue weighted by molar-refractivity contribution is 5.90. The monoisotopic (exact) mass is 445 g/mol. The number of carbonyl (C=O) groups excluding carboxylic acids is 2. The summed E-state index contributed by atoms with van der Waals surface area (Å²) in [5.74, 6) is -1.11. The number of hydrogen-bond acceptors (Lipinski definition) is 4. The lowest BCUT2D eigenvalue weighted by atomic mass is 10.1. The molecule has 7 nitrogen and oxygen atoms in total. The fraction of sp³-hybridized carbons (Fsp3) is 0.600. The molecule has 11 heteroatoms. The first-order valence-corrected chi connectivity index (χ1v) is 10.2. The molecule has 31 heavy (non-hydrogen) atoms. The second kappa shape index (κ2) is 9.39. The van der Waals surface area contributed by atoms with E-state index in [0.717, 1.165) is 19.2 Å². The van der Waals surface area contributed by atoms with Gasteiger partial charge in [-0.25, -0.2) is 9.18 Å². The van der Waals surface area contributed by atoms with E-state index in [2.05, 4.69) is 29.4 Å². The molecule has 1 unspecified atom stereocenters. The summed E-state index contributed by atoms with van der Waals surface area (Å²) in [6.45, 7) is 7.51. The average molecular weight is 445 g/mol. The van der Waals surface area contributed by atoms with Gasteiger partial charge < -0.3 is 20.4 Å². The van der Waals surface area contributed by atoms with Crippen LogP contribution in [0.25, 0.3) is 0 Å². The number of anilines is 1. The second-order valence-electron chi connectivity index (χ2n) is 8.06. The summed E-state index contributed by atoms with van der Waals surface area (Å²) in [5, 5.41) is 5.55. The van der Waals surface area contributed by atoms with Crippen LogP contribution in [0.3, 0.4) is 0 Å². The summed E-state index contributed by atoms with van der Waals surface area (Å²) in [4.78, 5) is 30.6. The lowest BCUT2D eigenvalue weighted by Gasteiger charge is -2.40. The van der Waals surface area contributed by atoms with Crippen LogP contribution in [0.15, 0.2) is 18.2 Å². The lowest BCUT2D eigenvalue weighted by molar-refractivity contribution is -0.138. The number of alkyl halides is 3. The molecule has 2 N–H and O–H groups in total. The van der Waals surface area contributed by atoms with Gasteiger partial charge in [-0.3, -0.25) is 9.69 Å². The van der Waals surface area contributed by atoms with Crippen LogP contribution in [0.4, 0.5) is 28.0 Å². The van der Waals surface area contributed by atoms with E-state index in [1.807, 2.05) is 0 Å². The summed E-state index contributed by atoms with van der Waals surface area (Å²) in [6.07, 6.45) is -4.72. The minimum atomic E-state index is -4.72. The molecule has 3 amide bonds. The van der Waals surface area contributed by atoms with Crippen molar-refractivity contribution in [1.29, 1.82) is 0 Å². The van der Waals surface area contributed by atoms with Crippen LogP contribution in [-0.2, 0) is 11.0 Å². The zero-order valence-corrected chi connectivity index (χ0v) is 17.5. The minimum Gasteiger partial charge on any atom is -0.338 e. The second-order valence-corrected chi connectivity index (χ2v) is 8.06. The molecule has 1 atom stereocenters. The first kappa shape index (κ1) is 23.3. The topological polar surface area (TPSA) is 67.9 Å². The fourth-order valence-corrected chi connectivity index (χ4v) is 3.79. The van der Waals surface area contributed by atoms with Gasteiger partial charge in [-0.05, 0) is 32.0 Å². The Balaban J connectivity index is 1.54. The number of urea groups is 1. The summed E-state index contributed by atoms with van der Waals surface area (Å²) in [6, 6.07) is 1.31. The highest BCUT2D eigenvalue weighted by atomic mass is 19.4. The molecular weight excluding hydrogens is 418 g/mol. The number of benzene rings is 1. The van der Waals surface area contributed by atoms with Crippen LogP contribution in [-0.4, -0.2) is 84.5 Å². The van der Waals surface area contributed by atoms with Crippen molar-refractivity contribution >= 4 is 17.6 Å². The molecule has 1 aromatic carbocycles. The predicted molar refractivity (Wildman–Crippen MR) is 107 cm³/mol. The van der Waals surface area contributed by atoms with Gasteiger partial charge in [-0.1, -0.05) is 0 Å². The van der Waals surface area contributed by atoms with E-state index in [-0.39, 0.29) is 30.7 Å². The van der Waals surface area contributed by atoms with Gasteiger partial charge in [0.1, 0.15) is 5.82 Å². The number of amides is 3. The molecule has 0 saturated carbocycles. The molecule has 0 aliphatic carbocycles. The van der Waals surface area contributed by atoms with E-state index in [0.29, 0.717) is 37.8 Å². The van der Waals surface area contributed by atoms with E-state index in [1.165, 1.54) is 4.90 Å². The fourth-order valence-electron chi connectivity index (χ4n) is 3.79. The first-order valence-electron chi connectivity index (χ1n) is 10.2. The normalized spacial score (nSPS) is 20.8. The van der Waals surface area contributed by atoms with Crippen molar-refractivity contribution in [3.05, 3.63) is 29.6 Å². The van der Waals surface area contributed by atoms with Crippen LogP contribution >= 0.6 is 0 Å². The largest absolute Gasteiger partial charge is 0.416 e. The molecule has 0 aromatic heterocycles. The molecule has 2 fully saturated rings. The Hall–Kier alpha value is -2.40. The van der Waals surface area contributed by atoms with Gasteiger partial charge in [0.25, 0.3) is 0 Å². The van der Waals surface area contributed by atoms with Gasteiger partial charge in [0, 0.05) is 57.5 Å². The molecule has 172 valence electrons. The number of rotatable bonds is 3. The third-order valence-electron chi connectivity index (χ3n) is 5.59. The van der Waals surface area contributed by atoms with E-state index in [4.69, 9.17) is 0 Å². The van der Waals surface area contributed by atoms with E-state index >= 15 is 0 Å². The molecule has 2 saturated heterocycles. The number of hydrogen-bond donors (Lipinski definition) is 2. The van der Waals surface area contributed by atoms with Crippen molar-refractivity contribution in [2.75, 3.05) is 51.1 Å². The SMILES string of the molecule is CC(C)N1CCNC(C(=O)N2CCN(C(=O)Nc3cc(F)cc(C(F)(F)F)c3)CC2)C1. The summed E-state index contributed by atoms with van der Waals surface area (Å²) in [7, 11) is 0. The summed E-state index contributed by atoms with van der Waals surface area (Å²) < 4.78 is 52.1. The van der Waals surface area contributed by atoms with E-state index in [1.54, 1.807) is 4.90 Å². The van der Waals surface area contributed by atoms with Gasteiger partial charge >= 0.3 is 12.2 Å². The van der Waals surface area contributed by atoms with Crippen molar-refractivity contribution in [1.82, 2.24) is 20.0 Å². The van der Waals surface area contributed by atoms with Gasteiger partial charge in [0.2, 0.25) is 5.91 Å². The Kier molecular flexibility index (Phi) is 7.05. The van der Waals surface area contributed by atoms with Crippen LogP contribution < -0.4 is 10.6 Å². The number of halogens is 4. The Bertz CT molecular complexity index is 809. The van der Waals surface area contributed by atoms with Crippen molar-refractivity contribution in [2.24, 2.45) is 0 Å².